The number of hydrogen-bond donors (Lipinski definition) is 2. The van der Waals surface area contributed by atoms with Gasteiger partial charge in [0.05, 0.1) is 18.2 Å². The van der Waals surface area contributed by atoms with Crippen LogP contribution in [0, 0.1) is 11.7 Å². The molecule has 4 nitrogen and oxygen atoms in total. The lowest BCUT2D eigenvalue weighted by molar-refractivity contribution is -0.119. The summed E-state index contributed by atoms with van der Waals surface area (Å²) >= 11 is 0. The van der Waals surface area contributed by atoms with Crippen LogP contribution in [0.1, 0.15) is 19.8 Å². The van der Waals surface area contributed by atoms with E-state index in [0.717, 1.165) is 19.4 Å². The standard InChI is InChI=1S/C14H19FN2O2/c1-2-7-19-13-8-11(15)3-4-12(13)17-14(18)10-5-6-16-9-10/h3-4,8,10,16H,2,5-7,9H2,1H3,(H,17,18). The lowest BCUT2D eigenvalue weighted by Gasteiger charge is -2.14. The molecule has 1 heterocycles. The Labute approximate surface area is 112 Å². The van der Waals surface area contributed by atoms with Gasteiger partial charge in [-0.1, -0.05) is 6.92 Å². The zero-order chi connectivity index (χ0) is 13.7. The summed E-state index contributed by atoms with van der Waals surface area (Å²) in [6, 6.07) is 4.17. The van der Waals surface area contributed by atoms with Crippen LogP contribution in [0.25, 0.3) is 0 Å². The average molecular weight is 266 g/mol. The highest BCUT2D eigenvalue weighted by molar-refractivity contribution is 5.94. The van der Waals surface area contributed by atoms with Gasteiger partial charge in [-0.05, 0) is 31.5 Å². The van der Waals surface area contributed by atoms with Gasteiger partial charge >= 0.3 is 0 Å². The first-order valence-corrected chi connectivity index (χ1v) is 6.64. The molecule has 1 aliphatic heterocycles. The maximum Gasteiger partial charge on any atom is 0.228 e. The van der Waals surface area contributed by atoms with Crippen LogP contribution in [0.5, 0.6) is 5.75 Å². The van der Waals surface area contributed by atoms with Crippen LogP contribution in [0.15, 0.2) is 18.2 Å². The van der Waals surface area contributed by atoms with Gasteiger partial charge in [0.2, 0.25) is 5.91 Å². The van der Waals surface area contributed by atoms with Crippen molar-refractivity contribution < 1.29 is 13.9 Å². The quantitative estimate of drug-likeness (QED) is 0.858. The van der Waals surface area contributed by atoms with Crippen LogP contribution in [0.2, 0.25) is 0 Å². The summed E-state index contributed by atoms with van der Waals surface area (Å²) in [7, 11) is 0. The molecular formula is C14H19FN2O2. The maximum atomic E-state index is 13.2. The average Bonchev–Trinajstić information content (AvgIpc) is 2.93. The summed E-state index contributed by atoms with van der Waals surface area (Å²) in [5.41, 5.74) is 0.534. The first kappa shape index (κ1) is 13.8. The van der Waals surface area contributed by atoms with Gasteiger partial charge in [-0.25, -0.2) is 4.39 Å². The second kappa shape index (κ2) is 6.52. The maximum absolute atomic E-state index is 13.2. The van der Waals surface area contributed by atoms with Gasteiger partial charge in [0.1, 0.15) is 11.6 Å². The molecule has 0 bridgehead atoms. The Morgan fingerprint density at radius 3 is 3.11 bits per heavy atom. The lowest BCUT2D eigenvalue weighted by atomic mass is 10.1. The first-order valence-electron chi connectivity index (χ1n) is 6.64. The van der Waals surface area contributed by atoms with Crippen LogP contribution in [-0.4, -0.2) is 25.6 Å². The van der Waals surface area contributed by atoms with Gasteiger partial charge in [0.15, 0.2) is 0 Å². The molecule has 1 atom stereocenters. The minimum atomic E-state index is -0.369. The van der Waals surface area contributed by atoms with E-state index < -0.39 is 0 Å². The normalized spacial score (nSPS) is 18.3. The number of hydrogen-bond acceptors (Lipinski definition) is 3. The summed E-state index contributed by atoms with van der Waals surface area (Å²) in [4.78, 5) is 12.0. The molecule has 0 aromatic heterocycles. The summed E-state index contributed by atoms with van der Waals surface area (Å²) in [5.74, 6) is -0.0465. The van der Waals surface area contributed by atoms with Crippen molar-refractivity contribution in [1.82, 2.24) is 5.32 Å². The van der Waals surface area contributed by atoms with Gasteiger partial charge in [-0.15, -0.1) is 0 Å². The summed E-state index contributed by atoms with van der Waals surface area (Å²) < 4.78 is 18.7. The van der Waals surface area contributed by atoms with Crippen molar-refractivity contribution >= 4 is 11.6 Å². The number of halogens is 1. The molecule has 5 heteroatoms. The van der Waals surface area contributed by atoms with Crippen LogP contribution in [0.3, 0.4) is 0 Å². The van der Waals surface area contributed by atoms with E-state index in [9.17, 15) is 9.18 Å². The molecule has 1 aromatic rings. The van der Waals surface area contributed by atoms with E-state index in [0.29, 0.717) is 24.6 Å². The predicted molar refractivity (Wildman–Crippen MR) is 71.8 cm³/mol. The molecule has 1 fully saturated rings. The fourth-order valence-corrected chi connectivity index (χ4v) is 2.04. The van der Waals surface area contributed by atoms with Gasteiger partial charge in [-0.2, -0.15) is 0 Å². The highest BCUT2D eigenvalue weighted by Gasteiger charge is 2.23. The molecule has 1 amide bonds. The SMILES string of the molecule is CCCOc1cc(F)ccc1NC(=O)C1CCNC1. The Morgan fingerprint density at radius 2 is 2.42 bits per heavy atom. The van der Waals surface area contributed by atoms with Gasteiger partial charge in [0.25, 0.3) is 0 Å². The largest absolute Gasteiger partial charge is 0.491 e. The number of anilines is 1. The molecule has 19 heavy (non-hydrogen) atoms. The highest BCUT2D eigenvalue weighted by Crippen LogP contribution is 2.26. The Morgan fingerprint density at radius 1 is 1.58 bits per heavy atom. The molecule has 104 valence electrons. The molecule has 0 spiro atoms. The smallest absolute Gasteiger partial charge is 0.228 e. The molecule has 1 saturated heterocycles. The van der Waals surface area contributed by atoms with Crippen LogP contribution >= 0.6 is 0 Å². The van der Waals surface area contributed by atoms with Crippen LogP contribution in [0.4, 0.5) is 10.1 Å². The summed E-state index contributed by atoms with van der Waals surface area (Å²) in [5, 5.41) is 5.96. The second-order valence-electron chi connectivity index (χ2n) is 4.67. The van der Waals surface area contributed by atoms with E-state index in [4.69, 9.17) is 4.74 Å². The van der Waals surface area contributed by atoms with E-state index in [1.165, 1.54) is 12.1 Å². The minimum absolute atomic E-state index is 0.0240. The molecule has 1 aromatic carbocycles. The second-order valence-corrected chi connectivity index (χ2v) is 4.67. The molecule has 2 rings (SSSR count). The van der Waals surface area contributed by atoms with Crippen molar-refractivity contribution in [2.45, 2.75) is 19.8 Å². The third kappa shape index (κ3) is 3.67. The number of carbonyl (C=O) groups excluding carboxylic acids is 1. The number of ether oxygens (including phenoxy) is 1. The third-order valence-corrected chi connectivity index (χ3v) is 3.09. The van der Waals surface area contributed by atoms with Gasteiger partial charge in [-0.3, -0.25) is 4.79 Å². The van der Waals surface area contributed by atoms with Gasteiger partial charge < -0.3 is 15.4 Å². The Balaban J connectivity index is 2.07. The molecular weight excluding hydrogens is 247 g/mol. The molecule has 1 unspecified atom stereocenters. The van der Waals surface area contributed by atoms with Crippen LogP contribution in [-0.2, 0) is 4.79 Å². The summed E-state index contributed by atoms with van der Waals surface area (Å²) in [6.45, 7) is 4.03. The van der Waals surface area contributed by atoms with E-state index in [1.54, 1.807) is 6.07 Å². The number of nitrogens with one attached hydrogen (secondary N) is 2. The minimum Gasteiger partial charge on any atom is -0.491 e. The fraction of sp³-hybridized carbons (Fsp3) is 0.500. The number of rotatable bonds is 5. The zero-order valence-electron chi connectivity index (χ0n) is 11.0. The zero-order valence-corrected chi connectivity index (χ0v) is 11.0. The summed E-state index contributed by atoms with van der Waals surface area (Å²) in [6.07, 6.45) is 1.66. The van der Waals surface area contributed by atoms with Crippen molar-refractivity contribution in [3.05, 3.63) is 24.0 Å². The Kier molecular flexibility index (Phi) is 4.74. The van der Waals surface area contributed by atoms with E-state index >= 15 is 0 Å². The number of amides is 1. The monoisotopic (exact) mass is 266 g/mol. The van der Waals surface area contributed by atoms with Crippen molar-refractivity contribution in [2.24, 2.45) is 5.92 Å². The highest BCUT2D eigenvalue weighted by atomic mass is 19.1. The molecule has 0 radical (unpaired) electrons. The van der Waals surface area contributed by atoms with E-state index in [1.807, 2.05) is 6.92 Å². The Bertz CT molecular complexity index is 445. The van der Waals surface area contributed by atoms with Crippen molar-refractivity contribution in [1.29, 1.82) is 0 Å². The van der Waals surface area contributed by atoms with Crippen LogP contribution < -0.4 is 15.4 Å². The predicted octanol–water partition coefficient (Wildman–Crippen LogP) is 2.16. The number of benzene rings is 1. The molecule has 0 saturated carbocycles. The molecule has 2 N–H and O–H groups in total. The molecule has 0 aliphatic carbocycles. The molecule has 1 aliphatic rings. The topological polar surface area (TPSA) is 50.4 Å². The van der Waals surface area contributed by atoms with Crippen molar-refractivity contribution in [3.8, 4) is 5.75 Å². The van der Waals surface area contributed by atoms with Crippen molar-refractivity contribution in [3.63, 3.8) is 0 Å². The lowest BCUT2D eigenvalue weighted by Crippen LogP contribution is -2.24. The van der Waals surface area contributed by atoms with Gasteiger partial charge in [0, 0.05) is 12.6 Å². The van der Waals surface area contributed by atoms with Crippen molar-refractivity contribution in [2.75, 3.05) is 25.0 Å². The first-order chi connectivity index (χ1) is 9.20. The third-order valence-electron chi connectivity index (χ3n) is 3.09. The van der Waals surface area contributed by atoms with E-state index in [2.05, 4.69) is 10.6 Å². The Hall–Kier alpha value is -1.62. The fourth-order valence-electron chi connectivity index (χ4n) is 2.04. The number of carbonyl (C=O) groups is 1. The van der Waals surface area contributed by atoms with E-state index in [-0.39, 0.29) is 17.6 Å².